The molecule has 0 aliphatic carbocycles. The van der Waals surface area contributed by atoms with E-state index in [1.54, 1.807) is 0 Å². The molecule has 0 saturated carbocycles. The van der Waals surface area contributed by atoms with Crippen molar-refractivity contribution in [2.75, 3.05) is 39.4 Å². The van der Waals surface area contributed by atoms with Gasteiger partial charge < -0.3 is 19.7 Å². The van der Waals surface area contributed by atoms with E-state index in [4.69, 9.17) is 9.47 Å². The van der Waals surface area contributed by atoms with Gasteiger partial charge in [-0.2, -0.15) is 0 Å². The molecule has 1 N–H and O–H groups in total. The summed E-state index contributed by atoms with van der Waals surface area (Å²) in [7, 11) is 0. The number of rotatable bonds is 11. The molecule has 3 aliphatic rings. The van der Waals surface area contributed by atoms with Crippen LogP contribution in [0.5, 0.6) is 11.5 Å². The van der Waals surface area contributed by atoms with Crippen molar-refractivity contribution in [1.29, 1.82) is 0 Å². The van der Waals surface area contributed by atoms with Crippen molar-refractivity contribution in [2.45, 2.75) is 83.7 Å². The molecular formula is C33H47N3O3. The van der Waals surface area contributed by atoms with Crippen LogP contribution >= 0.6 is 0 Å². The van der Waals surface area contributed by atoms with E-state index in [0.717, 1.165) is 95.7 Å². The fourth-order valence-corrected chi connectivity index (χ4v) is 6.65. The van der Waals surface area contributed by atoms with Crippen LogP contribution in [0.1, 0.15) is 81.5 Å². The van der Waals surface area contributed by atoms with Crippen LogP contribution in [0, 0.1) is 5.92 Å². The fraction of sp³-hybridized carbons (Fsp3) is 0.606. The van der Waals surface area contributed by atoms with Crippen LogP contribution in [-0.2, 0) is 12.8 Å². The van der Waals surface area contributed by atoms with Crippen LogP contribution in [0.4, 0.5) is 4.79 Å². The molecule has 5 rings (SSSR count). The Hall–Kier alpha value is -2.73. The summed E-state index contributed by atoms with van der Waals surface area (Å²) in [5, 5.41) is 3.23. The number of hydrogen-bond donors (Lipinski definition) is 1. The van der Waals surface area contributed by atoms with Crippen molar-refractivity contribution in [1.82, 2.24) is 15.1 Å². The van der Waals surface area contributed by atoms with Gasteiger partial charge in [-0.3, -0.25) is 4.90 Å². The van der Waals surface area contributed by atoms with Crippen molar-refractivity contribution in [3.8, 4) is 11.5 Å². The number of carbonyl (C=O) groups excluding carboxylic acids is 1. The largest absolute Gasteiger partial charge is 0.490 e. The number of fused-ring (bicyclic) bond motifs is 4. The van der Waals surface area contributed by atoms with Gasteiger partial charge in [-0.1, -0.05) is 57.0 Å². The van der Waals surface area contributed by atoms with Gasteiger partial charge in [0.25, 0.3) is 0 Å². The van der Waals surface area contributed by atoms with E-state index in [-0.39, 0.29) is 12.1 Å². The number of nitrogens with one attached hydrogen (secondary N) is 1. The van der Waals surface area contributed by atoms with E-state index in [0.29, 0.717) is 18.5 Å². The quantitative estimate of drug-likeness (QED) is 0.341. The van der Waals surface area contributed by atoms with E-state index >= 15 is 0 Å². The van der Waals surface area contributed by atoms with Crippen molar-refractivity contribution in [3.63, 3.8) is 0 Å². The SMILES string of the molecule is CCCCOc1cc2c(cc1OCCCC)[C@H]1C[C@H]3[C@H](CCCN3C(=O)NCCc3ccccc3)CN1CC2. The van der Waals surface area contributed by atoms with Crippen molar-refractivity contribution in [2.24, 2.45) is 5.92 Å². The summed E-state index contributed by atoms with van der Waals surface area (Å²) in [5.41, 5.74) is 4.03. The number of ether oxygens (including phenoxy) is 2. The number of amides is 2. The lowest BCUT2D eigenvalue weighted by Crippen LogP contribution is -2.59. The lowest BCUT2D eigenvalue weighted by Gasteiger charge is -2.52. The Kier molecular flexibility index (Phi) is 9.67. The third-order valence-corrected chi connectivity index (χ3v) is 8.83. The Balaban J connectivity index is 1.30. The molecule has 212 valence electrons. The molecule has 0 aromatic heterocycles. The summed E-state index contributed by atoms with van der Waals surface area (Å²) in [6, 6.07) is 15.6. The third-order valence-electron chi connectivity index (χ3n) is 8.83. The van der Waals surface area contributed by atoms with Gasteiger partial charge in [0.1, 0.15) is 0 Å². The first kappa shape index (κ1) is 27.8. The Morgan fingerprint density at radius 3 is 2.49 bits per heavy atom. The lowest BCUT2D eigenvalue weighted by atomic mass is 9.76. The number of benzene rings is 2. The van der Waals surface area contributed by atoms with Crippen LogP contribution in [0.25, 0.3) is 0 Å². The molecule has 2 fully saturated rings. The minimum Gasteiger partial charge on any atom is -0.490 e. The second-order valence-corrected chi connectivity index (χ2v) is 11.5. The fourth-order valence-electron chi connectivity index (χ4n) is 6.65. The van der Waals surface area contributed by atoms with E-state index < -0.39 is 0 Å². The Bertz CT molecular complexity index is 1080. The molecule has 2 aromatic rings. The van der Waals surface area contributed by atoms with Gasteiger partial charge in [0, 0.05) is 38.3 Å². The average Bonchev–Trinajstić information content (AvgIpc) is 2.96. The first-order valence-corrected chi connectivity index (χ1v) is 15.4. The van der Waals surface area contributed by atoms with Crippen LogP contribution in [0.15, 0.2) is 42.5 Å². The number of likely N-dealkylation sites (tertiary alicyclic amines) is 1. The van der Waals surface area contributed by atoms with Gasteiger partial charge in [0.15, 0.2) is 11.5 Å². The molecule has 6 nitrogen and oxygen atoms in total. The highest BCUT2D eigenvalue weighted by Gasteiger charge is 2.44. The predicted molar refractivity (Wildman–Crippen MR) is 157 cm³/mol. The van der Waals surface area contributed by atoms with Gasteiger partial charge in [0.05, 0.1) is 13.2 Å². The molecule has 0 unspecified atom stereocenters. The number of piperidine rings is 2. The highest BCUT2D eigenvalue weighted by molar-refractivity contribution is 5.74. The molecular weight excluding hydrogens is 486 g/mol. The summed E-state index contributed by atoms with van der Waals surface area (Å²) < 4.78 is 12.5. The second kappa shape index (κ2) is 13.6. The lowest BCUT2D eigenvalue weighted by molar-refractivity contribution is 0.00565. The van der Waals surface area contributed by atoms with E-state index in [2.05, 4.69) is 65.4 Å². The van der Waals surface area contributed by atoms with Crippen LogP contribution in [0.3, 0.4) is 0 Å². The average molecular weight is 534 g/mol. The first-order valence-electron chi connectivity index (χ1n) is 15.4. The molecule has 3 atom stereocenters. The molecule has 3 aliphatic heterocycles. The Labute approximate surface area is 235 Å². The summed E-state index contributed by atoms with van der Waals surface area (Å²) in [6.45, 7) is 9.51. The zero-order valence-corrected chi connectivity index (χ0v) is 24.0. The van der Waals surface area contributed by atoms with Crippen molar-refractivity contribution in [3.05, 3.63) is 59.2 Å². The summed E-state index contributed by atoms with van der Waals surface area (Å²) in [5.74, 6) is 2.34. The van der Waals surface area contributed by atoms with Crippen molar-refractivity contribution >= 4 is 6.03 Å². The highest BCUT2D eigenvalue weighted by Crippen LogP contribution is 2.45. The molecule has 39 heavy (non-hydrogen) atoms. The molecule has 2 saturated heterocycles. The molecule has 0 bridgehead atoms. The number of urea groups is 1. The third kappa shape index (κ3) is 6.71. The monoisotopic (exact) mass is 533 g/mol. The minimum absolute atomic E-state index is 0.105. The summed E-state index contributed by atoms with van der Waals surface area (Å²) in [6.07, 6.45) is 9.53. The second-order valence-electron chi connectivity index (χ2n) is 11.5. The smallest absolute Gasteiger partial charge is 0.317 e. The van der Waals surface area contributed by atoms with Crippen LogP contribution < -0.4 is 14.8 Å². The molecule has 2 aromatic carbocycles. The van der Waals surface area contributed by atoms with E-state index in [1.165, 1.54) is 23.1 Å². The number of carbonyl (C=O) groups is 1. The van der Waals surface area contributed by atoms with Gasteiger partial charge >= 0.3 is 6.03 Å². The standard InChI is InChI=1S/C33H47N3O3/c1-3-5-19-38-31-21-26-15-18-35-24-27-13-10-17-36(33(37)34-16-14-25-11-8-7-9-12-25)29(27)23-30(35)28(26)22-32(31)39-20-6-4-2/h7-9,11-12,21-22,27,29-30H,3-6,10,13-20,23-24H2,1-2H3,(H,34,37)/t27-,29+,30-/m1/s1. The van der Waals surface area contributed by atoms with E-state index in [1.807, 2.05) is 6.07 Å². The molecule has 0 spiro atoms. The maximum Gasteiger partial charge on any atom is 0.317 e. The Morgan fingerprint density at radius 1 is 1.00 bits per heavy atom. The van der Waals surface area contributed by atoms with Crippen LogP contribution in [0.2, 0.25) is 0 Å². The maximum atomic E-state index is 13.4. The zero-order valence-electron chi connectivity index (χ0n) is 24.0. The minimum atomic E-state index is 0.105. The normalized spacial score (nSPS) is 22.4. The number of hydrogen-bond acceptors (Lipinski definition) is 4. The van der Waals surface area contributed by atoms with E-state index in [9.17, 15) is 4.79 Å². The topological polar surface area (TPSA) is 54.0 Å². The van der Waals surface area contributed by atoms with Crippen LogP contribution in [-0.4, -0.2) is 61.3 Å². The molecule has 0 radical (unpaired) electrons. The zero-order chi connectivity index (χ0) is 27.0. The highest BCUT2D eigenvalue weighted by atomic mass is 16.5. The Morgan fingerprint density at radius 2 is 1.74 bits per heavy atom. The summed E-state index contributed by atoms with van der Waals surface area (Å²) in [4.78, 5) is 18.2. The number of nitrogens with zero attached hydrogens (tertiary/aromatic N) is 2. The first-order chi connectivity index (χ1) is 19.2. The van der Waals surface area contributed by atoms with Gasteiger partial charge in [-0.25, -0.2) is 4.79 Å². The maximum absolute atomic E-state index is 13.4. The predicted octanol–water partition coefficient (Wildman–Crippen LogP) is 6.38. The summed E-state index contributed by atoms with van der Waals surface area (Å²) >= 11 is 0. The van der Waals surface area contributed by atoms with Gasteiger partial charge in [0.2, 0.25) is 0 Å². The van der Waals surface area contributed by atoms with Gasteiger partial charge in [-0.15, -0.1) is 0 Å². The van der Waals surface area contributed by atoms with Gasteiger partial charge in [-0.05, 0) is 79.7 Å². The van der Waals surface area contributed by atoms with Crippen molar-refractivity contribution < 1.29 is 14.3 Å². The molecule has 3 heterocycles. The number of unbranched alkanes of at least 4 members (excludes halogenated alkanes) is 2. The molecule has 6 heteroatoms. The molecule has 2 amide bonds.